The molecule has 0 fully saturated rings. The maximum absolute atomic E-state index is 10.7. The second kappa shape index (κ2) is 3.50. The van der Waals surface area contributed by atoms with Crippen LogP contribution < -0.4 is 5.73 Å². The SMILES string of the molecule is CC1(C)CCCc2nn(CC(=O)O)c(N)c21. The van der Waals surface area contributed by atoms with Crippen LogP contribution in [0.5, 0.6) is 0 Å². The van der Waals surface area contributed by atoms with Crippen LogP contribution in [0.2, 0.25) is 0 Å². The molecule has 1 aromatic heterocycles. The van der Waals surface area contributed by atoms with Crippen LogP contribution >= 0.6 is 0 Å². The van der Waals surface area contributed by atoms with Crippen molar-refractivity contribution in [3.8, 4) is 0 Å². The summed E-state index contributed by atoms with van der Waals surface area (Å²) < 4.78 is 1.40. The number of fused-ring (bicyclic) bond motifs is 1. The van der Waals surface area contributed by atoms with E-state index in [1.807, 2.05) is 0 Å². The van der Waals surface area contributed by atoms with E-state index < -0.39 is 5.97 Å². The number of hydrogen-bond donors (Lipinski definition) is 2. The quantitative estimate of drug-likeness (QED) is 0.788. The number of anilines is 1. The van der Waals surface area contributed by atoms with E-state index in [9.17, 15) is 4.79 Å². The van der Waals surface area contributed by atoms with Crippen molar-refractivity contribution in [3.05, 3.63) is 11.3 Å². The first-order chi connectivity index (χ1) is 7.42. The molecule has 0 aromatic carbocycles. The number of hydrogen-bond acceptors (Lipinski definition) is 3. The molecular weight excluding hydrogens is 206 g/mol. The Morgan fingerprint density at radius 3 is 2.88 bits per heavy atom. The maximum atomic E-state index is 10.7. The molecule has 3 N–H and O–H groups in total. The van der Waals surface area contributed by atoms with Crippen molar-refractivity contribution < 1.29 is 9.90 Å². The molecule has 0 unspecified atom stereocenters. The van der Waals surface area contributed by atoms with Crippen molar-refractivity contribution in [2.24, 2.45) is 0 Å². The number of aryl methyl sites for hydroxylation is 1. The lowest BCUT2D eigenvalue weighted by molar-refractivity contribution is -0.137. The monoisotopic (exact) mass is 223 g/mol. The van der Waals surface area contributed by atoms with Crippen molar-refractivity contribution in [2.75, 3.05) is 5.73 Å². The molecule has 1 aromatic rings. The van der Waals surface area contributed by atoms with Gasteiger partial charge in [0.2, 0.25) is 0 Å². The van der Waals surface area contributed by atoms with E-state index in [1.165, 1.54) is 4.68 Å². The molecule has 0 saturated carbocycles. The molecule has 1 aliphatic carbocycles. The predicted molar refractivity (Wildman–Crippen MR) is 60.2 cm³/mol. The van der Waals surface area contributed by atoms with Crippen LogP contribution in [0, 0.1) is 0 Å². The molecule has 0 aliphatic heterocycles. The van der Waals surface area contributed by atoms with E-state index >= 15 is 0 Å². The molecule has 88 valence electrons. The molecule has 0 atom stereocenters. The summed E-state index contributed by atoms with van der Waals surface area (Å²) in [5.41, 5.74) is 8.00. The highest BCUT2D eigenvalue weighted by Gasteiger charge is 2.33. The number of aliphatic carboxylic acids is 1. The lowest BCUT2D eigenvalue weighted by Gasteiger charge is -2.29. The Morgan fingerprint density at radius 1 is 1.62 bits per heavy atom. The summed E-state index contributed by atoms with van der Waals surface area (Å²) in [4.78, 5) is 10.7. The minimum absolute atomic E-state index is 0.00835. The molecular formula is C11H17N3O2. The summed E-state index contributed by atoms with van der Waals surface area (Å²) in [5.74, 6) is -0.397. The fourth-order valence-electron chi connectivity index (χ4n) is 2.51. The number of nitrogens with two attached hydrogens (primary N) is 1. The molecule has 0 radical (unpaired) electrons. The molecule has 16 heavy (non-hydrogen) atoms. The molecule has 5 heteroatoms. The zero-order valence-corrected chi connectivity index (χ0v) is 9.66. The van der Waals surface area contributed by atoms with Gasteiger partial charge in [0.25, 0.3) is 0 Å². The molecule has 5 nitrogen and oxygen atoms in total. The number of carbonyl (C=O) groups is 1. The van der Waals surface area contributed by atoms with E-state index in [-0.39, 0.29) is 12.0 Å². The second-order valence-electron chi connectivity index (χ2n) is 5.00. The lowest BCUT2D eigenvalue weighted by atomic mass is 9.75. The van der Waals surface area contributed by atoms with Gasteiger partial charge < -0.3 is 10.8 Å². The molecule has 0 saturated heterocycles. The third-order valence-electron chi connectivity index (χ3n) is 3.24. The van der Waals surface area contributed by atoms with Crippen LogP contribution in [0.1, 0.15) is 37.9 Å². The Morgan fingerprint density at radius 2 is 2.31 bits per heavy atom. The van der Waals surface area contributed by atoms with E-state index in [1.54, 1.807) is 0 Å². The van der Waals surface area contributed by atoms with Crippen molar-refractivity contribution in [1.82, 2.24) is 9.78 Å². The number of nitrogens with zero attached hydrogens (tertiary/aromatic N) is 2. The molecule has 1 heterocycles. The first-order valence-corrected chi connectivity index (χ1v) is 5.49. The van der Waals surface area contributed by atoms with E-state index in [0.29, 0.717) is 5.82 Å². The van der Waals surface area contributed by atoms with Gasteiger partial charge in [0.15, 0.2) is 0 Å². The number of aromatic nitrogens is 2. The van der Waals surface area contributed by atoms with Crippen molar-refractivity contribution >= 4 is 11.8 Å². The van der Waals surface area contributed by atoms with E-state index in [2.05, 4.69) is 18.9 Å². The zero-order chi connectivity index (χ0) is 11.9. The van der Waals surface area contributed by atoms with Gasteiger partial charge in [-0.25, -0.2) is 4.68 Å². The van der Waals surface area contributed by atoms with Gasteiger partial charge in [0, 0.05) is 5.56 Å². The summed E-state index contributed by atoms with van der Waals surface area (Å²) in [6.45, 7) is 4.11. The number of rotatable bonds is 2. The lowest BCUT2D eigenvalue weighted by Crippen LogP contribution is -2.24. The van der Waals surface area contributed by atoms with Crippen LogP contribution in [0.15, 0.2) is 0 Å². The fraction of sp³-hybridized carbons (Fsp3) is 0.636. The summed E-state index contributed by atoms with van der Waals surface area (Å²) in [7, 11) is 0. The molecule has 0 bridgehead atoms. The summed E-state index contributed by atoms with van der Waals surface area (Å²) in [5, 5.41) is 13.1. The van der Waals surface area contributed by atoms with Gasteiger partial charge in [-0.3, -0.25) is 4.79 Å². The largest absolute Gasteiger partial charge is 0.480 e. The highest BCUT2D eigenvalue weighted by atomic mass is 16.4. The Labute approximate surface area is 94.2 Å². The fourth-order valence-corrected chi connectivity index (χ4v) is 2.51. The van der Waals surface area contributed by atoms with Gasteiger partial charge in [0.05, 0.1) is 5.69 Å². The van der Waals surface area contributed by atoms with E-state index in [4.69, 9.17) is 10.8 Å². The van der Waals surface area contributed by atoms with Gasteiger partial charge >= 0.3 is 5.97 Å². The second-order valence-corrected chi connectivity index (χ2v) is 5.00. The minimum atomic E-state index is -0.913. The number of carboxylic acids is 1. The summed E-state index contributed by atoms with van der Waals surface area (Å²) in [6.07, 6.45) is 3.06. The molecule has 2 rings (SSSR count). The van der Waals surface area contributed by atoms with Crippen molar-refractivity contribution in [1.29, 1.82) is 0 Å². The Balaban J connectivity index is 2.47. The smallest absolute Gasteiger partial charge is 0.325 e. The third-order valence-corrected chi connectivity index (χ3v) is 3.24. The Kier molecular flexibility index (Phi) is 2.40. The standard InChI is InChI=1S/C11H17N3O2/c1-11(2)5-3-4-7-9(11)10(12)14(13-7)6-8(15)16/h3-6,12H2,1-2H3,(H,15,16). The average molecular weight is 223 g/mol. The summed E-state index contributed by atoms with van der Waals surface area (Å²) in [6, 6.07) is 0. The first kappa shape index (κ1) is 11.0. The molecule has 0 amide bonds. The molecule has 1 aliphatic rings. The van der Waals surface area contributed by atoms with Crippen LogP contribution in [0.25, 0.3) is 0 Å². The first-order valence-electron chi connectivity index (χ1n) is 5.49. The normalized spacial score (nSPS) is 18.1. The zero-order valence-electron chi connectivity index (χ0n) is 9.66. The predicted octanol–water partition coefficient (Wildman–Crippen LogP) is 1.16. The minimum Gasteiger partial charge on any atom is -0.480 e. The van der Waals surface area contributed by atoms with Gasteiger partial charge in [-0.05, 0) is 24.7 Å². The van der Waals surface area contributed by atoms with Crippen LogP contribution in [-0.4, -0.2) is 20.9 Å². The number of nitrogen functional groups attached to an aromatic ring is 1. The highest BCUT2D eigenvalue weighted by molar-refractivity contribution is 5.67. The van der Waals surface area contributed by atoms with Gasteiger partial charge in [-0.2, -0.15) is 5.10 Å². The topological polar surface area (TPSA) is 81.1 Å². The van der Waals surface area contributed by atoms with Crippen LogP contribution in [0.4, 0.5) is 5.82 Å². The molecule has 0 spiro atoms. The Bertz CT molecular complexity index is 435. The number of carboxylic acid groups (broad SMARTS) is 1. The van der Waals surface area contributed by atoms with Crippen LogP contribution in [0.3, 0.4) is 0 Å². The van der Waals surface area contributed by atoms with Gasteiger partial charge in [0.1, 0.15) is 12.4 Å². The van der Waals surface area contributed by atoms with Gasteiger partial charge in [-0.1, -0.05) is 13.8 Å². The van der Waals surface area contributed by atoms with Crippen molar-refractivity contribution in [3.63, 3.8) is 0 Å². The summed E-state index contributed by atoms with van der Waals surface area (Å²) >= 11 is 0. The third kappa shape index (κ3) is 1.66. The Hall–Kier alpha value is -1.52. The highest BCUT2D eigenvalue weighted by Crippen LogP contribution is 2.39. The van der Waals surface area contributed by atoms with Gasteiger partial charge in [-0.15, -0.1) is 0 Å². The maximum Gasteiger partial charge on any atom is 0.325 e. The van der Waals surface area contributed by atoms with Crippen molar-refractivity contribution in [2.45, 2.75) is 45.1 Å². The van der Waals surface area contributed by atoms with Crippen LogP contribution in [-0.2, 0) is 23.2 Å². The van der Waals surface area contributed by atoms with E-state index in [0.717, 1.165) is 30.5 Å². The average Bonchev–Trinajstić information content (AvgIpc) is 2.43.